The minimum absolute atomic E-state index is 0. The first-order valence-corrected chi connectivity index (χ1v) is 9.58. The molecule has 0 atom stereocenters. The van der Waals surface area contributed by atoms with Crippen LogP contribution in [-0.2, 0) is 12.6 Å². The molecule has 0 aliphatic rings. The van der Waals surface area contributed by atoms with Crippen LogP contribution in [0.5, 0.6) is 5.75 Å². The van der Waals surface area contributed by atoms with Gasteiger partial charge in [-0.3, -0.25) is 4.99 Å². The highest BCUT2D eigenvalue weighted by Crippen LogP contribution is 2.29. The number of alkyl halides is 3. The number of thiazole rings is 1. The molecule has 2 N–H and O–H groups in total. The molecule has 10 heteroatoms. The number of ether oxygens (including phenoxy) is 1. The van der Waals surface area contributed by atoms with Crippen LogP contribution in [0.4, 0.5) is 13.2 Å². The number of benzene rings is 1. The number of hydrogen-bond donors (Lipinski definition) is 2. The van der Waals surface area contributed by atoms with Crippen LogP contribution in [0.15, 0.2) is 40.7 Å². The minimum Gasteiger partial charge on any atom is -0.494 e. The fourth-order valence-electron chi connectivity index (χ4n) is 2.15. The van der Waals surface area contributed by atoms with Gasteiger partial charge in [-0.25, -0.2) is 4.98 Å². The Morgan fingerprint density at radius 1 is 1.21 bits per heavy atom. The first-order chi connectivity index (χ1) is 13.0. The second kappa shape index (κ2) is 12.8. The Bertz CT molecular complexity index is 710. The highest BCUT2D eigenvalue weighted by Gasteiger charge is 2.33. The average molecular weight is 528 g/mol. The minimum atomic E-state index is -4.39. The topological polar surface area (TPSA) is 58.5 Å². The lowest BCUT2D eigenvalue weighted by Gasteiger charge is -2.11. The molecule has 1 aromatic carbocycles. The third-order valence-corrected chi connectivity index (χ3v) is 4.31. The van der Waals surface area contributed by atoms with Gasteiger partial charge in [0.25, 0.3) is 0 Å². The van der Waals surface area contributed by atoms with Crippen LogP contribution < -0.4 is 15.4 Å². The number of halogens is 4. The molecule has 28 heavy (non-hydrogen) atoms. The summed E-state index contributed by atoms with van der Waals surface area (Å²) in [5.41, 5.74) is -0.832. The van der Waals surface area contributed by atoms with Gasteiger partial charge in [-0.15, -0.1) is 35.3 Å². The van der Waals surface area contributed by atoms with Gasteiger partial charge in [-0.05, 0) is 19.1 Å². The summed E-state index contributed by atoms with van der Waals surface area (Å²) >= 11 is 1.02. The molecule has 0 unspecified atom stereocenters. The van der Waals surface area contributed by atoms with Gasteiger partial charge >= 0.3 is 6.18 Å². The summed E-state index contributed by atoms with van der Waals surface area (Å²) in [6, 6.07) is 9.57. The lowest BCUT2D eigenvalue weighted by Crippen LogP contribution is -2.38. The summed E-state index contributed by atoms with van der Waals surface area (Å²) in [4.78, 5) is 8.05. The van der Waals surface area contributed by atoms with Crippen LogP contribution in [0.3, 0.4) is 0 Å². The van der Waals surface area contributed by atoms with Crippen molar-refractivity contribution in [3.05, 3.63) is 46.4 Å². The predicted octanol–water partition coefficient (Wildman–Crippen LogP) is 4.35. The van der Waals surface area contributed by atoms with E-state index in [9.17, 15) is 13.2 Å². The Kier molecular flexibility index (Phi) is 11.2. The number of guanidine groups is 1. The van der Waals surface area contributed by atoms with Gasteiger partial charge in [0.1, 0.15) is 5.75 Å². The van der Waals surface area contributed by atoms with Gasteiger partial charge in [0.15, 0.2) is 11.7 Å². The van der Waals surface area contributed by atoms with Crippen LogP contribution in [0, 0.1) is 0 Å². The van der Waals surface area contributed by atoms with Crippen LogP contribution >= 0.6 is 35.3 Å². The van der Waals surface area contributed by atoms with Crippen molar-refractivity contribution in [2.24, 2.45) is 4.99 Å². The van der Waals surface area contributed by atoms with Crippen molar-refractivity contribution >= 4 is 41.3 Å². The van der Waals surface area contributed by atoms with Crippen LogP contribution in [0.1, 0.15) is 24.0 Å². The number of aromatic nitrogens is 1. The van der Waals surface area contributed by atoms with E-state index in [0.717, 1.165) is 28.9 Å². The molecule has 5 nitrogen and oxygen atoms in total. The van der Waals surface area contributed by atoms with Crippen molar-refractivity contribution in [3.63, 3.8) is 0 Å². The molecule has 0 aliphatic heterocycles. The van der Waals surface area contributed by atoms with Crippen LogP contribution in [0.25, 0.3) is 0 Å². The molecule has 0 saturated carbocycles. The standard InChI is InChI=1S/C18H23F3N4OS.HI/c1-2-22-17(23-10-6-12-26-14-7-4-3-5-8-14)24-11-9-16-25-15(13-27-16)18(19,20)21;/h3-5,7-8,13H,2,6,9-12H2,1H3,(H2,22,23,24);1H. The second-order valence-corrected chi connectivity index (χ2v) is 6.52. The third kappa shape index (κ3) is 9.09. The molecule has 0 fully saturated rings. The van der Waals surface area contributed by atoms with Gasteiger partial charge in [0.2, 0.25) is 0 Å². The molecule has 0 saturated heterocycles. The van der Waals surface area contributed by atoms with E-state index in [2.05, 4.69) is 20.6 Å². The van der Waals surface area contributed by atoms with Crippen molar-refractivity contribution in [2.45, 2.75) is 25.9 Å². The molecular formula is C18H24F3IN4OS. The number of nitrogens with one attached hydrogen (secondary N) is 2. The summed E-state index contributed by atoms with van der Waals surface area (Å²) in [6.07, 6.45) is -3.23. The Hall–Kier alpha value is -1.56. The van der Waals surface area contributed by atoms with Crippen molar-refractivity contribution in [1.29, 1.82) is 0 Å². The number of hydrogen-bond acceptors (Lipinski definition) is 4. The Morgan fingerprint density at radius 3 is 2.61 bits per heavy atom. The number of para-hydroxylation sites is 1. The Balaban J connectivity index is 0.00000392. The average Bonchev–Trinajstić information content (AvgIpc) is 3.11. The van der Waals surface area contributed by atoms with E-state index in [-0.39, 0.29) is 24.0 Å². The molecule has 1 aromatic heterocycles. The van der Waals surface area contributed by atoms with E-state index < -0.39 is 11.9 Å². The molecule has 0 radical (unpaired) electrons. The molecule has 2 aromatic rings. The number of aliphatic imine (C=N–C) groups is 1. The maximum Gasteiger partial charge on any atom is 0.434 e. The normalized spacial score (nSPS) is 11.6. The largest absolute Gasteiger partial charge is 0.494 e. The van der Waals surface area contributed by atoms with Crippen LogP contribution in [0.2, 0.25) is 0 Å². The monoisotopic (exact) mass is 528 g/mol. The predicted molar refractivity (Wildman–Crippen MR) is 117 cm³/mol. The fourth-order valence-corrected chi connectivity index (χ4v) is 2.95. The highest BCUT2D eigenvalue weighted by atomic mass is 127. The summed E-state index contributed by atoms with van der Waals surface area (Å²) in [6.45, 7) is 4.25. The lowest BCUT2D eigenvalue weighted by atomic mass is 10.3. The van der Waals surface area contributed by atoms with E-state index in [1.165, 1.54) is 0 Å². The zero-order valence-corrected chi connectivity index (χ0v) is 18.6. The lowest BCUT2D eigenvalue weighted by molar-refractivity contribution is -0.140. The molecule has 0 spiro atoms. The van der Waals surface area contributed by atoms with E-state index in [0.29, 0.717) is 43.6 Å². The molecule has 0 bridgehead atoms. The second-order valence-electron chi connectivity index (χ2n) is 5.58. The highest BCUT2D eigenvalue weighted by molar-refractivity contribution is 14.0. The smallest absolute Gasteiger partial charge is 0.434 e. The van der Waals surface area contributed by atoms with Gasteiger partial charge in [-0.1, -0.05) is 18.2 Å². The maximum absolute atomic E-state index is 12.6. The van der Waals surface area contributed by atoms with Crippen molar-refractivity contribution in [1.82, 2.24) is 15.6 Å². The van der Waals surface area contributed by atoms with Gasteiger partial charge in [0, 0.05) is 37.9 Å². The van der Waals surface area contributed by atoms with Crippen molar-refractivity contribution in [3.8, 4) is 5.75 Å². The van der Waals surface area contributed by atoms with Crippen molar-refractivity contribution < 1.29 is 17.9 Å². The van der Waals surface area contributed by atoms with Gasteiger partial charge in [-0.2, -0.15) is 13.2 Å². The Labute approximate surface area is 183 Å². The molecule has 0 aliphatic carbocycles. The Morgan fingerprint density at radius 2 is 1.96 bits per heavy atom. The van der Waals surface area contributed by atoms with Crippen molar-refractivity contribution in [2.75, 3.05) is 26.2 Å². The fraction of sp³-hybridized carbons (Fsp3) is 0.444. The third-order valence-electron chi connectivity index (χ3n) is 3.40. The first kappa shape index (κ1) is 24.5. The zero-order valence-electron chi connectivity index (χ0n) is 15.5. The first-order valence-electron chi connectivity index (χ1n) is 8.70. The van der Waals surface area contributed by atoms with E-state index in [1.54, 1.807) is 0 Å². The molecular weight excluding hydrogens is 504 g/mol. The van der Waals surface area contributed by atoms with E-state index in [4.69, 9.17) is 4.74 Å². The zero-order chi connectivity index (χ0) is 19.5. The van der Waals surface area contributed by atoms with Gasteiger partial charge in [0.05, 0.1) is 11.6 Å². The molecule has 0 amide bonds. The quantitative estimate of drug-likeness (QED) is 0.220. The number of nitrogens with zero attached hydrogens (tertiary/aromatic N) is 2. The van der Waals surface area contributed by atoms with E-state index >= 15 is 0 Å². The SMILES string of the molecule is CCNC(=NCCCOc1ccccc1)NCCc1nc(C(F)(F)F)cs1.I. The summed E-state index contributed by atoms with van der Waals surface area (Å²) in [7, 11) is 0. The maximum atomic E-state index is 12.6. The summed E-state index contributed by atoms with van der Waals surface area (Å²) in [5, 5.41) is 7.71. The summed E-state index contributed by atoms with van der Waals surface area (Å²) in [5.74, 6) is 1.46. The van der Waals surface area contributed by atoms with Gasteiger partial charge < -0.3 is 15.4 Å². The molecule has 1 heterocycles. The van der Waals surface area contributed by atoms with E-state index in [1.807, 2.05) is 37.3 Å². The number of rotatable bonds is 9. The summed E-state index contributed by atoms with van der Waals surface area (Å²) < 4.78 is 43.3. The molecule has 156 valence electrons. The molecule has 2 rings (SSSR count). The van der Waals surface area contributed by atoms with Crippen LogP contribution in [-0.4, -0.2) is 37.2 Å².